The van der Waals surface area contributed by atoms with Gasteiger partial charge >= 0.3 is 0 Å². The Hall–Kier alpha value is -3.73. The van der Waals surface area contributed by atoms with E-state index in [9.17, 15) is 4.79 Å². The third kappa shape index (κ3) is 3.31. The van der Waals surface area contributed by atoms with Crippen molar-refractivity contribution in [3.8, 4) is 11.5 Å². The lowest BCUT2D eigenvalue weighted by Gasteiger charge is -2.22. The highest BCUT2D eigenvalue weighted by Gasteiger charge is 2.25. The number of nitrogens with one attached hydrogen (secondary N) is 2. The van der Waals surface area contributed by atoms with E-state index < -0.39 is 6.04 Å². The summed E-state index contributed by atoms with van der Waals surface area (Å²) in [7, 11) is 0. The van der Waals surface area contributed by atoms with Gasteiger partial charge in [0.25, 0.3) is 0 Å². The van der Waals surface area contributed by atoms with E-state index in [0.717, 1.165) is 27.9 Å². The molecule has 0 amide bonds. The largest absolute Gasteiger partial charge is 0.486 e. The van der Waals surface area contributed by atoms with Crippen LogP contribution in [0.15, 0.2) is 79.0 Å². The van der Waals surface area contributed by atoms with Crippen LogP contribution in [0.2, 0.25) is 0 Å². The number of aromatic nitrogens is 1. The molecule has 1 aromatic heterocycles. The van der Waals surface area contributed by atoms with Crippen molar-refractivity contribution in [1.29, 1.82) is 0 Å². The summed E-state index contributed by atoms with van der Waals surface area (Å²) in [4.78, 5) is 16.8. The van der Waals surface area contributed by atoms with E-state index in [0.29, 0.717) is 24.5 Å². The molecule has 2 N–H and O–H groups in total. The quantitative estimate of drug-likeness (QED) is 0.477. The third-order valence-corrected chi connectivity index (χ3v) is 5.10. The average molecular weight is 384 g/mol. The highest BCUT2D eigenvalue weighted by Crippen LogP contribution is 2.35. The second kappa shape index (κ2) is 7.36. The van der Waals surface area contributed by atoms with E-state index in [1.165, 1.54) is 0 Å². The summed E-state index contributed by atoms with van der Waals surface area (Å²) >= 11 is 0. The summed E-state index contributed by atoms with van der Waals surface area (Å²) < 4.78 is 11.3. The van der Waals surface area contributed by atoms with Crippen LogP contribution in [0.4, 0.5) is 5.69 Å². The van der Waals surface area contributed by atoms with Crippen molar-refractivity contribution in [3.63, 3.8) is 0 Å². The summed E-state index contributed by atoms with van der Waals surface area (Å²) in [5.74, 6) is 1.41. The van der Waals surface area contributed by atoms with Crippen LogP contribution in [0.3, 0.4) is 0 Å². The second-order valence-corrected chi connectivity index (χ2v) is 6.96. The fourth-order valence-electron chi connectivity index (χ4n) is 3.68. The number of H-pyrrole nitrogens is 1. The van der Waals surface area contributed by atoms with E-state index in [1.807, 2.05) is 72.8 Å². The van der Waals surface area contributed by atoms with E-state index in [2.05, 4.69) is 10.3 Å². The molecule has 0 bridgehead atoms. The molecule has 1 unspecified atom stereocenters. The molecule has 5 rings (SSSR count). The Morgan fingerprint density at radius 1 is 0.897 bits per heavy atom. The van der Waals surface area contributed by atoms with Gasteiger partial charge < -0.3 is 19.8 Å². The fraction of sp³-hybridized carbons (Fsp3) is 0.125. The number of carbonyl (C=O) groups is 1. The number of benzene rings is 3. The van der Waals surface area contributed by atoms with Crippen LogP contribution < -0.4 is 14.8 Å². The molecule has 1 aliphatic heterocycles. The number of para-hydroxylation sites is 1. The van der Waals surface area contributed by atoms with Gasteiger partial charge in [-0.1, -0.05) is 48.5 Å². The zero-order valence-electron chi connectivity index (χ0n) is 15.7. The standard InChI is InChI=1S/C24H20N2O3/c27-24(19-15-25-20-9-5-4-8-18(19)20)23(16-6-2-1-3-7-16)26-17-10-11-21-22(14-17)29-13-12-28-21/h1-11,14-15,23,25-26H,12-13H2. The molecule has 0 aliphatic carbocycles. The number of hydrogen-bond donors (Lipinski definition) is 2. The van der Waals surface area contributed by atoms with Crippen LogP contribution in [0.25, 0.3) is 10.9 Å². The van der Waals surface area contributed by atoms with Gasteiger partial charge in [0.15, 0.2) is 17.3 Å². The van der Waals surface area contributed by atoms with Gasteiger partial charge in [0.05, 0.1) is 0 Å². The minimum atomic E-state index is -0.530. The second-order valence-electron chi connectivity index (χ2n) is 6.96. The van der Waals surface area contributed by atoms with Crippen LogP contribution in [0.1, 0.15) is 22.0 Å². The summed E-state index contributed by atoms with van der Waals surface area (Å²) in [6.07, 6.45) is 1.79. The molecule has 0 radical (unpaired) electrons. The molecule has 0 spiro atoms. The van der Waals surface area contributed by atoms with Crippen molar-refractivity contribution >= 4 is 22.4 Å². The molecular formula is C24H20N2O3. The van der Waals surface area contributed by atoms with Gasteiger partial charge in [-0.3, -0.25) is 4.79 Å². The Morgan fingerprint density at radius 2 is 1.66 bits per heavy atom. The summed E-state index contributed by atoms with van der Waals surface area (Å²) in [5, 5.41) is 4.32. The van der Waals surface area contributed by atoms with Gasteiger partial charge in [-0.25, -0.2) is 0 Å². The fourth-order valence-corrected chi connectivity index (χ4v) is 3.68. The number of ether oxygens (including phenoxy) is 2. The maximum absolute atomic E-state index is 13.6. The van der Waals surface area contributed by atoms with Crippen molar-refractivity contribution < 1.29 is 14.3 Å². The van der Waals surface area contributed by atoms with Crippen molar-refractivity contribution in [3.05, 3.63) is 90.1 Å². The first-order valence-electron chi connectivity index (χ1n) is 9.61. The molecule has 2 heterocycles. The van der Waals surface area contributed by atoms with Gasteiger partial charge in [-0.15, -0.1) is 0 Å². The smallest absolute Gasteiger partial charge is 0.191 e. The molecule has 144 valence electrons. The van der Waals surface area contributed by atoms with Crippen LogP contribution in [-0.2, 0) is 0 Å². The number of fused-ring (bicyclic) bond motifs is 2. The van der Waals surface area contributed by atoms with Crippen LogP contribution in [0.5, 0.6) is 11.5 Å². The Bertz CT molecular complexity index is 1170. The number of anilines is 1. The van der Waals surface area contributed by atoms with Gasteiger partial charge in [0.1, 0.15) is 19.3 Å². The van der Waals surface area contributed by atoms with Gasteiger partial charge in [0.2, 0.25) is 0 Å². The maximum Gasteiger partial charge on any atom is 0.191 e. The minimum absolute atomic E-state index is 0.00328. The Kier molecular flexibility index (Phi) is 4.41. The number of rotatable bonds is 5. The molecule has 0 fully saturated rings. The van der Waals surface area contributed by atoms with Crippen LogP contribution in [0, 0.1) is 0 Å². The highest BCUT2D eigenvalue weighted by atomic mass is 16.6. The van der Waals surface area contributed by atoms with Crippen molar-refractivity contribution in [2.24, 2.45) is 0 Å². The molecule has 0 saturated carbocycles. The molecule has 1 aliphatic rings. The van der Waals surface area contributed by atoms with Gasteiger partial charge in [-0.2, -0.15) is 0 Å². The summed E-state index contributed by atoms with van der Waals surface area (Å²) in [6.45, 7) is 1.07. The Balaban J connectivity index is 1.53. The van der Waals surface area contributed by atoms with Crippen LogP contribution in [-0.4, -0.2) is 24.0 Å². The molecule has 5 heteroatoms. The molecule has 3 aromatic carbocycles. The van der Waals surface area contributed by atoms with Crippen molar-refractivity contribution in [2.75, 3.05) is 18.5 Å². The average Bonchev–Trinajstić information content (AvgIpc) is 3.22. The number of ketones is 1. The summed E-state index contributed by atoms with van der Waals surface area (Å²) in [5.41, 5.74) is 3.32. The number of hydrogen-bond acceptors (Lipinski definition) is 4. The topological polar surface area (TPSA) is 63.4 Å². The van der Waals surface area contributed by atoms with Gasteiger partial charge in [0, 0.05) is 34.4 Å². The zero-order chi connectivity index (χ0) is 19.6. The lowest BCUT2D eigenvalue weighted by Crippen LogP contribution is -2.21. The third-order valence-electron chi connectivity index (χ3n) is 5.10. The number of carbonyl (C=O) groups excluding carboxylic acids is 1. The van der Waals surface area contributed by atoms with Gasteiger partial charge in [-0.05, 0) is 23.8 Å². The normalized spacial score (nSPS) is 13.8. The summed E-state index contributed by atoms with van der Waals surface area (Å²) in [6, 6.07) is 22.7. The molecule has 1 atom stereocenters. The van der Waals surface area contributed by atoms with E-state index in [1.54, 1.807) is 6.20 Å². The van der Waals surface area contributed by atoms with Crippen LogP contribution >= 0.6 is 0 Å². The Morgan fingerprint density at radius 3 is 2.52 bits per heavy atom. The predicted octanol–water partition coefficient (Wildman–Crippen LogP) is 4.98. The highest BCUT2D eigenvalue weighted by molar-refractivity contribution is 6.11. The lowest BCUT2D eigenvalue weighted by atomic mass is 9.96. The molecule has 5 nitrogen and oxygen atoms in total. The monoisotopic (exact) mass is 384 g/mol. The van der Waals surface area contributed by atoms with Crippen molar-refractivity contribution in [1.82, 2.24) is 4.98 Å². The first-order valence-corrected chi connectivity index (χ1v) is 9.61. The van der Waals surface area contributed by atoms with E-state index >= 15 is 0 Å². The SMILES string of the molecule is O=C(c1c[nH]c2ccccc12)C(Nc1ccc2c(c1)OCCO2)c1ccccc1. The van der Waals surface area contributed by atoms with E-state index in [4.69, 9.17) is 9.47 Å². The molecule has 4 aromatic rings. The van der Waals surface area contributed by atoms with E-state index in [-0.39, 0.29) is 5.78 Å². The lowest BCUT2D eigenvalue weighted by molar-refractivity contribution is 0.0971. The molecule has 29 heavy (non-hydrogen) atoms. The Labute approximate surface area is 168 Å². The maximum atomic E-state index is 13.6. The minimum Gasteiger partial charge on any atom is -0.486 e. The number of aromatic amines is 1. The zero-order valence-corrected chi connectivity index (χ0v) is 15.7. The first-order chi connectivity index (χ1) is 14.3. The molecular weight excluding hydrogens is 364 g/mol. The first kappa shape index (κ1) is 17.4. The van der Waals surface area contributed by atoms with Crippen molar-refractivity contribution in [2.45, 2.75) is 6.04 Å². The number of Topliss-reactive ketones (excluding diaryl/α,β-unsaturated/α-hetero) is 1. The predicted molar refractivity (Wildman–Crippen MR) is 113 cm³/mol. The molecule has 0 saturated heterocycles.